The summed E-state index contributed by atoms with van der Waals surface area (Å²) >= 11 is 9.05. The molecule has 1 amide bonds. The molecule has 0 radical (unpaired) electrons. The standard InChI is InChI=1S/C21H23ClN4O4S3/c1-30-16-7-6-14(22)19-18(16)23-21(32-19)25-11-9-24(10-12-25)20(27)15-4-2-8-26(15)33(28,29)17-5-3-13-31-17/h3,5-7,13,15H,2,4,8-12H2,1H3. The minimum atomic E-state index is -3.65. The van der Waals surface area contributed by atoms with Gasteiger partial charge in [0.15, 0.2) is 5.13 Å². The molecule has 0 spiro atoms. The van der Waals surface area contributed by atoms with Crippen LogP contribution < -0.4 is 9.64 Å². The Balaban J connectivity index is 1.29. The van der Waals surface area contributed by atoms with Gasteiger partial charge in [0.05, 0.1) is 16.8 Å². The SMILES string of the molecule is COc1ccc(Cl)c2sc(N3CCN(C(=O)C4CCCN4S(=O)(=O)c4cccs4)CC3)nc12. The van der Waals surface area contributed by atoms with Crippen LogP contribution in [-0.4, -0.2) is 74.4 Å². The van der Waals surface area contributed by atoms with E-state index in [1.54, 1.807) is 35.6 Å². The molecular weight excluding hydrogens is 504 g/mol. The average molecular weight is 527 g/mol. The van der Waals surface area contributed by atoms with Gasteiger partial charge in [0.2, 0.25) is 5.91 Å². The molecule has 12 heteroatoms. The van der Waals surface area contributed by atoms with Gasteiger partial charge in [-0.2, -0.15) is 4.31 Å². The van der Waals surface area contributed by atoms with Crippen LogP contribution in [0, 0.1) is 0 Å². The van der Waals surface area contributed by atoms with Crippen molar-refractivity contribution in [2.75, 3.05) is 44.7 Å². The van der Waals surface area contributed by atoms with Crippen LogP contribution in [0.25, 0.3) is 10.2 Å². The van der Waals surface area contributed by atoms with E-state index >= 15 is 0 Å². The highest BCUT2D eigenvalue weighted by Crippen LogP contribution is 2.39. The van der Waals surface area contributed by atoms with Crippen molar-refractivity contribution in [3.8, 4) is 5.75 Å². The van der Waals surface area contributed by atoms with Crippen LogP contribution in [-0.2, 0) is 14.8 Å². The first kappa shape index (κ1) is 22.9. The quantitative estimate of drug-likeness (QED) is 0.506. The number of rotatable bonds is 5. The number of thiophene rings is 1. The lowest BCUT2D eigenvalue weighted by molar-refractivity contribution is -0.134. The Hall–Kier alpha value is -1.92. The third kappa shape index (κ3) is 4.10. The summed E-state index contributed by atoms with van der Waals surface area (Å²) in [5.74, 6) is 0.570. The summed E-state index contributed by atoms with van der Waals surface area (Å²) in [5.41, 5.74) is 0.740. The summed E-state index contributed by atoms with van der Waals surface area (Å²) in [6.07, 6.45) is 1.25. The van der Waals surface area contributed by atoms with Gasteiger partial charge in [-0.1, -0.05) is 29.0 Å². The Kier molecular flexibility index (Phi) is 6.25. The van der Waals surface area contributed by atoms with Crippen molar-refractivity contribution in [2.24, 2.45) is 0 Å². The van der Waals surface area contributed by atoms with Crippen molar-refractivity contribution < 1.29 is 17.9 Å². The number of amides is 1. The Morgan fingerprint density at radius 1 is 1.18 bits per heavy atom. The Morgan fingerprint density at radius 2 is 1.97 bits per heavy atom. The number of fused-ring (bicyclic) bond motifs is 1. The highest BCUT2D eigenvalue weighted by atomic mass is 35.5. The van der Waals surface area contributed by atoms with Crippen molar-refractivity contribution in [3.63, 3.8) is 0 Å². The van der Waals surface area contributed by atoms with E-state index in [1.807, 2.05) is 6.07 Å². The van der Waals surface area contributed by atoms with Gasteiger partial charge in [0.25, 0.3) is 10.0 Å². The number of methoxy groups -OCH3 is 1. The zero-order valence-electron chi connectivity index (χ0n) is 17.9. The molecule has 33 heavy (non-hydrogen) atoms. The lowest BCUT2D eigenvalue weighted by Crippen LogP contribution is -2.54. The van der Waals surface area contributed by atoms with Crippen LogP contribution in [0.5, 0.6) is 5.75 Å². The molecule has 0 N–H and O–H groups in total. The number of anilines is 1. The minimum Gasteiger partial charge on any atom is -0.494 e. The molecule has 0 saturated carbocycles. The second-order valence-electron chi connectivity index (χ2n) is 7.94. The highest BCUT2D eigenvalue weighted by Gasteiger charge is 2.42. The minimum absolute atomic E-state index is 0.110. The zero-order chi connectivity index (χ0) is 23.2. The Bertz CT molecular complexity index is 1270. The normalized spacial score (nSPS) is 20.0. The lowest BCUT2D eigenvalue weighted by atomic mass is 10.2. The van der Waals surface area contributed by atoms with E-state index in [-0.39, 0.29) is 10.1 Å². The molecule has 4 heterocycles. The predicted molar refractivity (Wildman–Crippen MR) is 131 cm³/mol. The fourth-order valence-corrected chi connectivity index (χ4v) is 8.45. The van der Waals surface area contributed by atoms with Crippen LogP contribution in [0.3, 0.4) is 0 Å². The molecule has 5 rings (SSSR count). The van der Waals surface area contributed by atoms with Crippen molar-refractivity contribution in [3.05, 3.63) is 34.7 Å². The molecule has 1 aromatic carbocycles. The summed E-state index contributed by atoms with van der Waals surface area (Å²) in [6.45, 7) is 2.66. The van der Waals surface area contributed by atoms with Crippen molar-refractivity contribution >= 4 is 65.6 Å². The molecule has 2 aliphatic rings. The van der Waals surface area contributed by atoms with Gasteiger partial charge in [0, 0.05) is 32.7 Å². The summed E-state index contributed by atoms with van der Waals surface area (Å²) in [4.78, 5) is 22.0. The van der Waals surface area contributed by atoms with E-state index in [2.05, 4.69) is 4.90 Å². The molecule has 1 unspecified atom stereocenters. The van der Waals surface area contributed by atoms with Gasteiger partial charge in [-0.25, -0.2) is 13.4 Å². The molecule has 0 bridgehead atoms. The largest absolute Gasteiger partial charge is 0.494 e. The fraction of sp³-hybridized carbons (Fsp3) is 0.429. The highest BCUT2D eigenvalue weighted by molar-refractivity contribution is 7.91. The smallest absolute Gasteiger partial charge is 0.253 e. The molecule has 2 aromatic heterocycles. The summed E-state index contributed by atoms with van der Waals surface area (Å²) in [7, 11) is -2.04. The molecule has 2 fully saturated rings. The Morgan fingerprint density at radius 3 is 2.67 bits per heavy atom. The average Bonchev–Trinajstić information content (AvgIpc) is 3.60. The zero-order valence-corrected chi connectivity index (χ0v) is 21.1. The van der Waals surface area contributed by atoms with E-state index in [1.165, 1.54) is 27.0 Å². The molecule has 0 aliphatic carbocycles. The monoisotopic (exact) mass is 526 g/mol. The number of nitrogens with zero attached hydrogens (tertiary/aromatic N) is 4. The van der Waals surface area contributed by atoms with Crippen LogP contribution >= 0.6 is 34.3 Å². The number of sulfonamides is 1. The van der Waals surface area contributed by atoms with E-state index in [0.29, 0.717) is 56.3 Å². The molecule has 8 nitrogen and oxygen atoms in total. The van der Waals surface area contributed by atoms with E-state index < -0.39 is 16.1 Å². The first-order chi connectivity index (χ1) is 15.9. The van der Waals surface area contributed by atoms with Gasteiger partial charge < -0.3 is 14.5 Å². The van der Waals surface area contributed by atoms with Crippen LogP contribution in [0.1, 0.15) is 12.8 Å². The maximum Gasteiger partial charge on any atom is 0.253 e. The number of thiazole rings is 1. The first-order valence-corrected chi connectivity index (χ1v) is 14.1. The number of benzene rings is 1. The molecular formula is C21H23ClN4O4S3. The van der Waals surface area contributed by atoms with Crippen molar-refractivity contribution in [1.29, 1.82) is 0 Å². The first-order valence-electron chi connectivity index (χ1n) is 10.6. The maximum absolute atomic E-state index is 13.3. The van der Waals surface area contributed by atoms with Crippen LogP contribution in [0.2, 0.25) is 5.02 Å². The van der Waals surface area contributed by atoms with Crippen molar-refractivity contribution in [1.82, 2.24) is 14.2 Å². The van der Waals surface area contributed by atoms with Gasteiger partial charge in [-0.05, 0) is 36.4 Å². The summed E-state index contributed by atoms with van der Waals surface area (Å²) in [6, 6.07) is 6.29. The predicted octanol–water partition coefficient (Wildman–Crippen LogP) is 3.52. The van der Waals surface area contributed by atoms with Gasteiger partial charge in [0.1, 0.15) is 21.5 Å². The number of hydrogen-bond acceptors (Lipinski definition) is 8. The van der Waals surface area contributed by atoms with Crippen molar-refractivity contribution in [2.45, 2.75) is 23.1 Å². The second kappa shape index (κ2) is 9.03. The Labute approximate surface area is 205 Å². The topological polar surface area (TPSA) is 83.0 Å². The number of hydrogen-bond donors (Lipinski definition) is 0. The molecule has 3 aromatic rings. The number of piperazine rings is 1. The molecule has 2 aliphatic heterocycles. The van der Waals surface area contributed by atoms with Crippen LogP contribution in [0.15, 0.2) is 33.9 Å². The van der Waals surface area contributed by atoms with Gasteiger partial charge >= 0.3 is 0 Å². The van der Waals surface area contributed by atoms with E-state index in [9.17, 15) is 13.2 Å². The maximum atomic E-state index is 13.3. The molecule has 176 valence electrons. The lowest BCUT2D eigenvalue weighted by Gasteiger charge is -2.37. The van der Waals surface area contributed by atoms with E-state index in [4.69, 9.17) is 21.3 Å². The van der Waals surface area contributed by atoms with Gasteiger partial charge in [-0.3, -0.25) is 4.79 Å². The third-order valence-electron chi connectivity index (χ3n) is 6.08. The summed E-state index contributed by atoms with van der Waals surface area (Å²) < 4.78 is 34.0. The van der Waals surface area contributed by atoms with Gasteiger partial charge in [-0.15, -0.1) is 11.3 Å². The van der Waals surface area contributed by atoms with E-state index in [0.717, 1.165) is 15.3 Å². The fourth-order valence-electron chi connectivity index (χ4n) is 4.37. The molecule has 1 atom stereocenters. The molecule has 2 saturated heterocycles. The van der Waals surface area contributed by atoms with Crippen LogP contribution in [0.4, 0.5) is 5.13 Å². The number of ether oxygens (including phenoxy) is 1. The summed E-state index contributed by atoms with van der Waals surface area (Å²) in [5, 5.41) is 3.21. The number of aromatic nitrogens is 1. The second-order valence-corrected chi connectivity index (χ2v) is 12.4. The number of carbonyl (C=O) groups excluding carboxylic acids is 1. The third-order valence-corrected chi connectivity index (χ3v) is 10.9. The number of carbonyl (C=O) groups is 1. The number of halogens is 1.